The summed E-state index contributed by atoms with van der Waals surface area (Å²) in [6.07, 6.45) is 6.10. The van der Waals surface area contributed by atoms with Gasteiger partial charge in [0, 0.05) is 18.7 Å². The van der Waals surface area contributed by atoms with E-state index in [1.165, 1.54) is 10.5 Å². The van der Waals surface area contributed by atoms with Crippen molar-refractivity contribution in [3.05, 3.63) is 65.7 Å². The molecule has 35 heavy (non-hydrogen) atoms. The van der Waals surface area contributed by atoms with Crippen LogP contribution in [0, 0.1) is 24.7 Å². The molecule has 5 rings (SSSR count). The number of imide groups is 1. The van der Waals surface area contributed by atoms with Gasteiger partial charge in [-0.1, -0.05) is 31.2 Å². The number of allylic oxidation sites excluding steroid dienone is 2. The zero-order valence-corrected chi connectivity index (χ0v) is 19.9. The molecule has 0 radical (unpaired) electrons. The number of hydrogen-bond acceptors (Lipinski definition) is 5. The SMILES string of the molecule is CCc1ccc(N2C[C@H](C(=O)Oc3ccc(N4C(=O)[C@H]5CC=CC[C@@H]5C4=O)c(C)c3)CC2=O)cc1. The Bertz CT molecular complexity index is 1210. The van der Waals surface area contributed by atoms with E-state index < -0.39 is 11.9 Å². The predicted octanol–water partition coefficient (Wildman–Crippen LogP) is 3.97. The molecule has 3 atom stereocenters. The lowest BCUT2D eigenvalue weighted by Gasteiger charge is -2.19. The first-order valence-electron chi connectivity index (χ1n) is 12.1. The Morgan fingerprint density at radius 2 is 1.63 bits per heavy atom. The van der Waals surface area contributed by atoms with Crippen LogP contribution in [0.15, 0.2) is 54.6 Å². The summed E-state index contributed by atoms with van der Waals surface area (Å²) < 4.78 is 5.60. The molecule has 0 bridgehead atoms. The van der Waals surface area contributed by atoms with Crippen LogP contribution in [-0.4, -0.2) is 30.2 Å². The molecule has 2 aromatic rings. The number of benzene rings is 2. The van der Waals surface area contributed by atoms with Crippen molar-refractivity contribution >= 4 is 35.1 Å². The second-order valence-electron chi connectivity index (χ2n) is 9.46. The summed E-state index contributed by atoms with van der Waals surface area (Å²) in [4.78, 5) is 54.1. The molecule has 0 saturated carbocycles. The number of fused-ring (bicyclic) bond motifs is 1. The number of nitrogens with zero attached hydrogens (tertiary/aromatic N) is 2. The molecule has 0 aromatic heterocycles. The molecule has 0 N–H and O–H groups in total. The number of ether oxygens (including phenoxy) is 1. The summed E-state index contributed by atoms with van der Waals surface area (Å²) in [5.74, 6) is -1.76. The molecule has 3 amide bonds. The molecule has 2 aliphatic heterocycles. The molecule has 3 aliphatic rings. The van der Waals surface area contributed by atoms with Gasteiger partial charge in [0.05, 0.1) is 23.4 Å². The third-order valence-electron chi connectivity index (χ3n) is 7.25. The summed E-state index contributed by atoms with van der Waals surface area (Å²) in [7, 11) is 0. The second kappa shape index (κ2) is 9.13. The predicted molar refractivity (Wildman–Crippen MR) is 131 cm³/mol. The highest BCUT2D eigenvalue weighted by atomic mass is 16.5. The van der Waals surface area contributed by atoms with Crippen molar-refractivity contribution < 1.29 is 23.9 Å². The van der Waals surface area contributed by atoms with Gasteiger partial charge in [0.25, 0.3) is 0 Å². The van der Waals surface area contributed by atoms with Gasteiger partial charge in [-0.2, -0.15) is 0 Å². The first-order chi connectivity index (χ1) is 16.9. The van der Waals surface area contributed by atoms with E-state index in [2.05, 4.69) is 6.92 Å². The van der Waals surface area contributed by atoms with Crippen LogP contribution < -0.4 is 14.5 Å². The molecule has 0 spiro atoms. The molecule has 2 aromatic carbocycles. The van der Waals surface area contributed by atoms with Gasteiger partial charge in [0.1, 0.15) is 5.75 Å². The third kappa shape index (κ3) is 4.16. The minimum absolute atomic E-state index is 0.0963. The zero-order valence-electron chi connectivity index (χ0n) is 19.9. The monoisotopic (exact) mass is 472 g/mol. The Labute approximate surface area is 204 Å². The fourth-order valence-electron chi connectivity index (χ4n) is 5.21. The lowest BCUT2D eigenvalue weighted by molar-refractivity contribution is -0.139. The van der Waals surface area contributed by atoms with E-state index in [1.807, 2.05) is 36.4 Å². The number of carbonyl (C=O) groups excluding carboxylic acids is 4. The van der Waals surface area contributed by atoms with Crippen molar-refractivity contribution in [1.82, 2.24) is 0 Å². The maximum atomic E-state index is 12.9. The van der Waals surface area contributed by atoms with Gasteiger partial charge in [-0.25, -0.2) is 4.90 Å². The van der Waals surface area contributed by atoms with Crippen molar-refractivity contribution in [2.45, 2.75) is 39.5 Å². The van der Waals surface area contributed by atoms with Crippen molar-refractivity contribution in [3.63, 3.8) is 0 Å². The minimum Gasteiger partial charge on any atom is -0.426 e. The van der Waals surface area contributed by atoms with Crippen LogP contribution in [0.25, 0.3) is 0 Å². The molecule has 7 nitrogen and oxygen atoms in total. The van der Waals surface area contributed by atoms with Crippen molar-refractivity contribution in [1.29, 1.82) is 0 Å². The normalized spacial score (nSPS) is 23.7. The molecule has 0 unspecified atom stereocenters. The fourth-order valence-corrected chi connectivity index (χ4v) is 5.21. The molecule has 2 heterocycles. The lowest BCUT2D eigenvalue weighted by atomic mass is 9.85. The molecular weight excluding hydrogens is 444 g/mol. The van der Waals surface area contributed by atoms with Gasteiger partial charge >= 0.3 is 5.97 Å². The van der Waals surface area contributed by atoms with Gasteiger partial charge in [0.15, 0.2) is 0 Å². The van der Waals surface area contributed by atoms with E-state index in [1.54, 1.807) is 30.0 Å². The standard InChI is InChI=1S/C28H28N2O5/c1-3-18-8-10-20(11-9-18)29-16-19(15-25(29)31)28(34)35-21-12-13-24(17(2)14-21)30-26(32)22-6-4-5-7-23(22)27(30)33/h4-5,8-14,19,22-23H,3,6-7,15-16H2,1-2H3/t19-,22+,23+/m1/s1. The summed E-state index contributed by atoms with van der Waals surface area (Å²) >= 11 is 0. The van der Waals surface area contributed by atoms with E-state index in [0.717, 1.165) is 12.1 Å². The average molecular weight is 473 g/mol. The average Bonchev–Trinajstić information content (AvgIpc) is 3.37. The molecule has 1 aliphatic carbocycles. The van der Waals surface area contributed by atoms with E-state index in [4.69, 9.17) is 4.74 Å². The first-order valence-corrected chi connectivity index (χ1v) is 12.1. The largest absolute Gasteiger partial charge is 0.426 e. The Morgan fingerprint density at radius 1 is 0.971 bits per heavy atom. The van der Waals surface area contributed by atoms with E-state index in [-0.39, 0.29) is 42.5 Å². The van der Waals surface area contributed by atoms with Crippen LogP contribution in [0.3, 0.4) is 0 Å². The van der Waals surface area contributed by atoms with Crippen LogP contribution in [0.2, 0.25) is 0 Å². The Hall–Kier alpha value is -3.74. The van der Waals surface area contributed by atoms with Gasteiger partial charge in [-0.15, -0.1) is 0 Å². The number of amides is 3. The lowest BCUT2D eigenvalue weighted by Crippen LogP contribution is -2.31. The summed E-state index contributed by atoms with van der Waals surface area (Å²) in [6, 6.07) is 12.7. The van der Waals surface area contributed by atoms with Gasteiger partial charge in [-0.05, 0) is 67.6 Å². The van der Waals surface area contributed by atoms with Crippen LogP contribution in [0.5, 0.6) is 5.75 Å². The zero-order chi connectivity index (χ0) is 24.7. The Morgan fingerprint density at radius 3 is 2.23 bits per heavy atom. The van der Waals surface area contributed by atoms with E-state index in [9.17, 15) is 19.2 Å². The van der Waals surface area contributed by atoms with Crippen LogP contribution in [0.1, 0.15) is 37.3 Å². The molecule has 2 saturated heterocycles. The molecule has 2 fully saturated rings. The number of anilines is 2. The number of rotatable bonds is 5. The highest BCUT2D eigenvalue weighted by Crippen LogP contribution is 2.39. The van der Waals surface area contributed by atoms with E-state index >= 15 is 0 Å². The summed E-state index contributed by atoms with van der Waals surface area (Å²) in [5, 5.41) is 0. The highest BCUT2D eigenvalue weighted by Gasteiger charge is 2.48. The minimum atomic E-state index is -0.564. The number of carbonyl (C=O) groups is 4. The van der Waals surface area contributed by atoms with Crippen molar-refractivity contribution in [2.24, 2.45) is 17.8 Å². The summed E-state index contributed by atoms with van der Waals surface area (Å²) in [5.41, 5.74) is 3.15. The number of hydrogen-bond donors (Lipinski definition) is 0. The van der Waals surface area contributed by atoms with Crippen molar-refractivity contribution in [3.8, 4) is 5.75 Å². The van der Waals surface area contributed by atoms with Crippen molar-refractivity contribution in [2.75, 3.05) is 16.3 Å². The maximum absolute atomic E-state index is 12.9. The van der Waals surface area contributed by atoms with Crippen LogP contribution in [-0.2, 0) is 25.6 Å². The molecular formula is C28H28N2O5. The maximum Gasteiger partial charge on any atom is 0.316 e. The van der Waals surface area contributed by atoms with Crippen LogP contribution >= 0.6 is 0 Å². The highest BCUT2D eigenvalue weighted by molar-refractivity contribution is 6.22. The van der Waals surface area contributed by atoms with E-state index in [0.29, 0.717) is 29.8 Å². The molecule has 7 heteroatoms. The third-order valence-corrected chi connectivity index (χ3v) is 7.25. The number of aryl methyl sites for hydroxylation is 2. The number of esters is 1. The first kappa shape index (κ1) is 23.0. The van der Waals surface area contributed by atoms with Crippen LogP contribution in [0.4, 0.5) is 11.4 Å². The second-order valence-corrected chi connectivity index (χ2v) is 9.46. The molecule has 180 valence electrons. The Kier molecular flexibility index (Phi) is 6.01. The quantitative estimate of drug-likeness (QED) is 0.285. The smallest absolute Gasteiger partial charge is 0.316 e. The summed E-state index contributed by atoms with van der Waals surface area (Å²) in [6.45, 7) is 4.13. The fraction of sp³-hybridized carbons (Fsp3) is 0.357. The topological polar surface area (TPSA) is 84.0 Å². The van der Waals surface area contributed by atoms with Gasteiger partial charge in [0.2, 0.25) is 17.7 Å². The Balaban J connectivity index is 1.27. The van der Waals surface area contributed by atoms with Gasteiger partial charge < -0.3 is 9.64 Å². The van der Waals surface area contributed by atoms with Gasteiger partial charge in [-0.3, -0.25) is 19.2 Å².